The van der Waals surface area contributed by atoms with Crippen LogP contribution in [0.15, 0.2) is 57.2 Å². The van der Waals surface area contributed by atoms with Crippen LogP contribution < -0.4 is 0 Å². The summed E-state index contributed by atoms with van der Waals surface area (Å²) >= 11 is 17.1. The monoisotopic (exact) mass is 482 g/mol. The largest absolute Gasteiger partial charge is 0.212 e. The van der Waals surface area contributed by atoms with Gasteiger partial charge in [-0.15, -0.1) is 10.2 Å². The summed E-state index contributed by atoms with van der Waals surface area (Å²) in [5.74, 6) is 1.79. The van der Waals surface area contributed by atoms with E-state index >= 15 is 0 Å². The van der Waals surface area contributed by atoms with Gasteiger partial charge < -0.3 is 0 Å². The van der Waals surface area contributed by atoms with E-state index in [1.807, 2.05) is 18.2 Å². The molecule has 3 rings (SSSR count). The fourth-order valence-corrected chi connectivity index (χ4v) is 3.70. The highest BCUT2D eigenvalue weighted by molar-refractivity contribution is 9.10. The van der Waals surface area contributed by atoms with Crippen LogP contribution in [-0.2, 0) is 5.75 Å². The molecule has 0 aliphatic heterocycles. The molecule has 4 nitrogen and oxygen atoms in total. The third-order valence-corrected chi connectivity index (χ3v) is 5.96. The summed E-state index contributed by atoms with van der Waals surface area (Å²) in [5.41, 5.74) is 2.06. The van der Waals surface area contributed by atoms with Crippen LogP contribution in [0.1, 0.15) is 36.7 Å². The van der Waals surface area contributed by atoms with Crippen molar-refractivity contribution in [2.24, 2.45) is 5.10 Å². The third-order valence-electron chi connectivity index (χ3n) is 3.70. The Hall–Kier alpha value is -1.34. The molecule has 0 bridgehead atoms. The lowest BCUT2D eigenvalue weighted by Gasteiger charge is -2.07. The van der Waals surface area contributed by atoms with Gasteiger partial charge in [0, 0.05) is 16.1 Å². The Morgan fingerprint density at radius 1 is 1.11 bits per heavy atom. The van der Waals surface area contributed by atoms with Gasteiger partial charge in [0.15, 0.2) is 5.82 Å². The zero-order valence-corrected chi connectivity index (χ0v) is 18.6. The molecule has 0 atom stereocenters. The van der Waals surface area contributed by atoms with Gasteiger partial charge in [-0.3, -0.25) is 0 Å². The first-order chi connectivity index (χ1) is 12.9. The average molecular weight is 484 g/mol. The van der Waals surface area contributed by atoms with E-state index in [2.05, 4.69) is 57.2 Å². The van der Waals surface area contributed by atoms with Gasteiger partial charge >= 0.3 is 0 Å². The first-order valence-corrected chi connectivity index (χ1v) is 10.8. The minimum atomic E-state index is 0.200. The van der Waals surface area contributed by atoms with Crippen molar-refractivity contribution in [3.8, 4) is 0 Å². The number of aromatic nitrogens is 3. The van der Waals surface area contributed by atoms with Crippen molar-refractivity contribution < 1.29 is 0 Å². The van der Waals surface area contributed by atoms with Crippen LogP contribution in [0.3, 0.4) is 0 Å². The lowest BCUT2D eigenvalue weighted by atomic mass is 10.2. The van der Waals surface area contributed by atoms with Crippen molar-refractivity contribution in [1.82, 2.24) is 14.9 Å². The lowest BCUT2D eigenvalue weighted by Crippen LogP contribution is -2.02. The molecule has 140 valence electrons. The fraction of sp³-hybridized carbons (Fsp3) is 0.211. The Kier molecular flexibility index (Phi) is 6.98. The Balaban J connectivity index is 1.83. The summed E-state index contributed by atoms with van der Waals surface area (Å²) < 4.78 is 2.85. The van der Waals surface area contributed by atoms with Crippen molar-refractivity contribution in [1.29, 1.82) is 0 Å². The SMILES string of the molecule is CC(C)c1nnc(SCc2ccc(Br)cc2)n1/N=C\c1ccc(Cl)c(Cl)c1. The maximum absolute atomic E-state index is 6.08. The molecule has 0 aliphatic rings. The van der Waals surface area contributed by atoms with Gasteiger partial charge in [0.25, 0.3) is 0 Å². The molecule has 0 N–H and O–H groups in total. The fourth-order valence-electron chi connectivity index (χ4n) is 2.28. The van der Waals surface area contributed by atoms with Gasteiger partial charge in [-0.05, 0) is 35.4 Å². The van der Waals surface area contributed by atoms with Crippen LogP contribution in [0.5, 0.6) is 0 Å². The molecule has 1 heterocycles. The topological polar surface area (TPSA) is 43.1 Å². The van der Waals surface area contributed by atoms with Crippen molar-refractivity contribution in [3.05, 3.63) is 73.9 Å². The predicted octanol–water partition coefficient (Wildman–Crippen LogP) is 6.65. The molecule has 27 heavy (non-hydrogen) atoms. The van der Waals surface area contributed by atoms with Gasteiger partial charge in [-0.25, -0.2) is 0 Å². The second-order valence-electron chi connectivity index (χ2n) is 6.14. The summed E-state index contributed by atoms with van der Waals surface area (Å²) in [7, 11) is 0. The third kappa shape index (κ3) is 5.35. The maximum atomic E-state index is 6.08. The Morgan fingerprint density at radius 3 is 2.52 bits per heavy atom. The van der Waals surface area contributed by atoms with Crippen LogP contribution in [0.4, 0.5) is 0 Å². The Bertz CT molecular complexity index is 955. The van der Waals surface area contributed by atoms with E-state index in [4.69, 9.17) is 23.2 Å². The zero-order chi connectivity index (χ0) is 19.4. The van der Waals surface area contributed by atoms with Gasteiger partial charge in [0.05, 0.1) is 16.3 Å². The molecule has 3 aromatic rings. The second-order valence-corrected chi connectivity index (χ2v) is 8.81. The molecule has 1 aromatic heterocycles. The Labute approximate surface area is 181 Å². The number of halogens is 3. The molecule has 8 heteroatoms. The zero-order valence-electron chi connectivity index (χ0n) is 14.7. The van der Waals surface area contributed by atoms with Crippen molar-refractivity contribution in [3.63, 3.8) is 0 Å². The molecule has 0 aliphatic carbocycles. The molecular formula is C19H17BrCl2N4S. The van der Waals surface area contributed by atoms with E-state index in [9.17, 15) is 0 Å². The standard InChI is InChI=1S/C19H17BrCl2N4S/c1-12(2)18-24-25-19(27-11-13-3-6-15(20)7-4-13)26(18)23-10-14-5-8-16(21)17(22)9-14/h3-10,12H,11H2,1-2H3/b23-10-. The van der Waals surface area contributed by atoms with Crippen LogP contribution in [0, 0.1) is 0 Å². The minimum Gasteiger partial charge on any atom is -0.191 e. The molecule has 0 spiro atoms. The van der Waals surface area contributed by atoms with Crippen LogP contribution >= 0.6 is 50.9 Å². The van der Waals surface area contributed by atoms with E-state index in [0.29, 0.717) is 10.0 Å². The normalized spacial score (nSPS) is 11.6. The predicted molar refractivity (Wildman–Crippen MR) is 117 cm³/mol. The summed E-state index contributed by atoms with van der Waals surface area (Å²) in [5, 5.41) is 15.0. The summed E-state index contributed by atoms with van der Waals surface area (Å²) in [6.45, 7) is 4.14. The van der Waals surface area contributed by atoms with E-state index in [1.165, 1.54) is 5.56 Å². The summed E-state index contributed by atoms with van der Waals surface area (Å²) in [6.07, 6.45) is 1.74. The number of nitrogens with zero attached hydrogens (tertiary/aromatic N) is 4. The van der Waals surface area contributed by atoms with E-state index < -0.39 is 0 Å². The first kappa shape index (κ1) is 20.4. The van der Waals surface area contributed by atoms with E-state index in [1.54, 1.807) is 34.8 Å². The van der Waals surface area contributed by atoms with Crippen LogP contribution in [0.25, 0.3) is 0 Å². The maximum Gasteiger partial charge on any atom is 0.212 e. The quantitative estimate of drug-likeness (QED) is 0.291. The molecule has 2 aromatic carbocycles. The molecule has 0 saturated carbocycles. The van der Waals surface area contributed by atoms with Gasteiger partial charge in [0.1, 0.15) is 0 Å². The lowest BCUT2D eigenvalue weighted by molar-refractivity contribution is 0.667. The molecule has 0 unspecified atom stereocenters. The van der Waals surface area contributed by atoms with Crippen LogP contribution in [-0.4, -0.2) is 21.1 Å². The van der Waals surface area contributed by atoms with Crippen molar-refractivity contribution in [2.75, 3.05) is 0 Å². The first-order valence-electron chi connectivity index (χ1n) is 8.26. The van der Waals surface area contributed by atoms with Gasteiger partial charge in [-0.1, -0.05) is 82.9 Å². The number of thioether (sulfide) groups is 1. The van der Waals surface area contributed by atoms with Gasteiger partial charge in [0.2, 0.25) is 5.16 Å². The molecular weight excluding hydrogens is 467 g/mol. The minimum absolute atomic E-state index is 0.200. The number of rotatable bonds is 6. The molecule has 0 amide bonds. The van der Waals surface area contributed by atoms with E-state index in [0.717, 1.165) is 26.8 Å². The Morgan fingerprint density at radius 2 is 1.85 bits per heavy atom. The summed E-state index contributed by atoms with van der Waals surface area (Å²) in [4.78, 5) is 0. The average Bonchev–Trinajstić information content (AvgIpc) is 3.05. The molecule has 0 radical (unpaired) electrons. The smallest absolute Gasteiger partial charge is 0.191 e. The highest BCUT2D eigenvalue weighted by atomic mass is 79.9. The number of benzene rings is 2. The second kappa shape index (κ2) is 9.24. The molecule has 0 saturated heterocycles. The van der Waals surface area contributed by atoms with Gasteiger partial charge in [-0.2, -0.15) is 9.78 Å². The molecule has 0 fully saturated rings. The highest BCUT2D eigenvalue weighted by Crippen LogP contribution is 2.26. The van der Waals surface area contributed by atoms with Crippen molar-refractivity contribution >= 4 is 57.1 Å². The number of hydrogen-bond acceptors (Lipinski definition) is 4. The highest BCUT2D eigenvalue weighted by Gasteiger charge is 2.15. The van der Waals surface area contributed by atoms with E-state index in [-0.39, 0.29) is 5.92 Å². The summed E-state index contributed by atoms with van der Waals surface area (Å²) in [6, 6.07) is 13.6. The van der Waals surface area contributed by atoms with Crippen LogP contribution in [0.2, 0.25) is 10.0 Å². The van der Waals surface area contributed by atoms with Crippen molar-refractivity contribution in [2.45, 2.75) is 30.7 Å². The number of hydrogen-bond donors (Lipinski definition) is 0.